The lowest BCUT2D eigenvalue weighted by Gasteiger charge is -1.97. The number of unbranched alkanes of at least 4 members (excludes halogenated alkanes) is 1. The predicted octanol–water partition coefficient (Wildman–Crippen LogP) is 2.92. The van der Waals surface area contributed by atoms with Gasteiger partial charge in [0, 0.05) is 0 Å². The van der Waals surface area contributed by atoms with Gasteiger partial charge in [0.15, 0.2) is 0 Å². The van der Waals surface area contributed by atoms with Gasteiger partial charge in [0.25, 0.3) is 0 Å². The summed E-state index contributed by atoms with van der Waals surface area (Å²) in [6.07, 6.45) is 0.647. The Morgan fingerprint density at radius 1 is 0.933 bits per heavy atom. The predicted molar refractivity (Wildman–Crippen MR) is 52.8 cm³/mol. The maximum absolute atomic E-state index is 10.8. The molecule has 0 saturated carbocycles. The smallest absolute Gasteiger partial charge is 0.447 e. The lowest BCUT2D eigenvalue weighted by atomic mass is 10.4. The van der Waals surface area contributed by atoms with Crippen molar-refractivity contribution < 1.29 is 19.1 Å². The van der Waals surface area contributed by atoms with Gasteiger partial charge in [-0.3, -0.25) is 0 Å². The Kier molecular flexibility index (Phi) is 8.22. The van der Waals surface area contributed by atoms with Crippen molar-refractivity contribution >= 4 is 12.2 Å². The molecule has 15 heavy (non-hydrogen) atoms. The fourth-order valence-corrected chi connectivity index (χ4v) is 0.633. The number of hydrogen-bond donors (Lipinski definition) is 0. The first-order valence-corrected chi connectivity index (χ1v) is 4.96. The number of ether oxygens (including phenoxy) is 2. The summed E-state index contributed by atoms with van der Waals surface area (Å²) in [4.78, 5) is 21.6. The first kappa shape index (κ1) is 13.5. The number of nitrogens with zero attached hydrogens (tertiary/aromatic N) is 2. The largest absolute Gasteiger partial charge is 0.452 e. The monoisotopic (exact) mass is 216 g/mol. The second-order valence-electron chi connectivity index (χ2n) is 2.78. The molecular weight excluding hydrogens is 200 g/mol. The molecule has 0 heterocycles. The lowest BCUT2D eigenvalue weighted by Crippen LogP contribution is -2.02. The number of carbonyl (C=O) groups excluding carboxylic acids is 2. The molecule has 6 nitrogen and oxygen atoms in total. The average molecular weight is 216 g/mol. The van der Waals surface area contributed by atoms with E-state index in [0.29, 0.717) is 13.0 Å². The van der Waals surface area contributed by atoms with Gasteiger partial charge in [-0.25, -0.2) is 9.59 Å². The maximum Gasteiger partial charge on any atom is 0.452 e. The van der Waals surface area contributed by atoms with Crippen molar-refractivity contribution in [1.29, 1.82) is 0 Å². The van der Waals surface area contributed by atoms with Crippen LogP contribution in [0.4, 0.5) is 9.59 Å². The lowest BCUT2D eigenvalue weighted by molar-refractivity contribution is 0.145. The molecule has 0 N–H and O–H groups in total. The van der Waals surface area contributed by atoms with Gasteiger partial charge < -0.3 is 9.47 Å². The number of rotatable bonds is 5. The van der Waals surface area contributed by atoms with E-state index in [2.05, 4.69) is 19.7 Å². The summed E-state index contributed by atoms with van der Waals surface area (Å²) in [7, 11) is 0. The third kappa shape index (κ3) is 8.86. The number of amides is 2. The van der Waals surface area contributed by atoms with E-state index in [1.54, 1.807) is 0 Å². The van der Waals surface area contributed by atoms with Crippen LogP contribution < -0.4 is 0 Å². The Labute approximate surface area is 88.7 Å². The molecule has 0 radical (unpaired) electrons. The molecule has 0 aromatic rings. The Balaban J connectivity index is 3.65. The first-order valence-electron chi connectivity index (χ1n) is 4.96. The van der Waals surface area contributed by atoms with Crippen LogP contribution >= 0.6 is 0 Å². The molecule has 0 unspecified atom stereocenters. The molecule has 0 saturated heterocycles. The quantitative estimate of drug-likeness (QED) is 0.522. The fourth-order valence-electron chi connectivity index (χ4n) is 0.633. The Morgan fingerprint density at radius 2 is 1.47 bits per heavy atom. The van der Waals surface area contributed by atoms with Crippen LogP contribution in [0.5, 0.6) is 0 Å². The van der Waals surface area contributed by atoms with E-state index in [4.69, 9.17) is 0 Å². The molecule has 0 aromatic carbocycles. The van der Waals surface area contributed by atoms with Crippen LogP contribution in [0.1, 0.15) is 33.1 Å². The van der Waals surface area contributed by atoms with E-state index in [1.807, 2.05) is 13.8 Å². The molecule has 6 heteroatoms. The van der Waals surface area contributed by atoms with Gasteiger partial charge in [-0.2, -0.15) is 0 Å². The zero-order valence-electron chi connectivity index (χ0n) is 9.06. The van der Waals surface area contributed by atoms with Crippen molar-refractivity contribution in [2.24, 2.45) is 10.2 Å². The first-order chi connectivity index (χ1) is 7.20. The summed E-state index contributed by atoms with van der Waals surface area (Å²) < 4.78 is 9.19. The van der Waals surface area contributed by atoms with Crippen molar-refractivity contribution in [2.75, 3.05) is 13.2 Å². The van der Waals surface area contributed by atoms with Crippen LogP contribution in [-0.2, 0) is 9.47 Å². The summed E-state index contributed by atoms with van der Waals surface area (Å²) in [5.41, 5.74) is 0. The molecule has 0 bridgehead atoms. The maximum atomic E-state index is 10.8. The molecular formula is C9H16N2O4. The topological polar surface area (TPSA) is 77.3 Å². The van der Waals surface area contributed by atoms with Crippen molar-refractivity contribution in [3.63, 3.8) is 0 Å². The molecule has 0 fully saturated rings. The van der Waals surface area contributed by atoms with Crippen molar-refractivity contribution in [2.45, 2.75) is 33.1 Å². The Morgan fingerprint density at radius 3 is 1.93 bits per heavy atom. The summed E-state index contributed by atoms with van der Waals surface area (Å²) in [6.45, 7) is 4.38. The van der Waals surface area contributed by atoms with Crippen molar-refractivity contribution in [1.82, 2.24) is 0 Å². The van der Waals surface area contributed by atoms with Crippen LogP contribution in [0.3, 0.4) is 0 Å². The normalized spacial score (nSPS) is 10.3. The van der Waals surface area contributed by atoms with Crippen LogP contribution in [0.2, 0.25) is 0 Å². The highest BCUT2D eigenvalue weighted by atomic mass is 16.6. The average Bonchev–Trinajstić information content (AvgIpc) is 2.24. The highest BCUT2D eigenvalue weighted by molar-refractivity contribution is 5.73. The van der Waals surface area contributed by atoms with Gasteiger partial charge in [0.05, 0.1) is 13.2 Å². The number of azo groups is 1. The summed E-state index contributed by atoms with van der Waals surface area (Å²) in [5.74, 6) is 0. The minimum absolute atomic E-state index is 0.267. The van der Waals surface area contributed by atoms with E-state index in [-0.39, 0.29) is 6.61 Å². The van der Waals surface area contributed by atoms with Gasteiger partial charge in [0.2, 0.25) is 0 Å². The SMILES string of the molecule is CCCCOC(=O)N=NC(=O)OCCC. The van der Waals surface area contributed by atoms with Crippen molar-refractivity contribution in [3.8, 4) is 0 Å². The van der Waals surface area contributed by atoms with E-state index in [9.17, 15) is 9.59 Å². The molecule has 0 aliphatic rings. The Hall–Kier alpha value is -1.46. The van der Waals surface area contributed by atoms with E-state index in [0.717, 1.165) is 12.8 Å². The molecule has 2 amide bonds. The minimum atomic E-state index is -0.871. The van der Waals surface area contributed by atoms with Crippen molar-refractivity contribution in [3.05, 3.63) is 0 Å². The van der Waals surface area contributed by atoms with Crippen LogP contribution in [-0.4, -0.2) is 25.4 Å². The van der Waals surface area contributed by atoms with Crippen LogP contribution in [0.15, 0.2) is 10.2 Å². The number of carbonyl (C=O) groups is 2. The summed E-state index contributed by atoms with van der Waals surface area (Å²) >= 11 is 0. The highest BCUT2D eigenvalue weighted by Gasteiger charge is 2.02. The Bertz CT molecular complexity index is 228. The second-order valence-corrected chi connectivity index (χ2v) is 2.78. The molecule has 0 aliphatic carbocycles. The van der Waals surface area contributed by atoms with Gasteiger partial charge in [-0.05, 0) is 12.8 Å². The van der Waals surface area contributed by atoms with E-state index in [1.165, 1.54) is 0 Å². The third-order valence-electron chi connectivity index (χ3n) is 1.37. The van der Waals surface area contributed by atoms with Crippen LogP contribution in [0.25, 0.3) is 0 Å². The van der Waals surface area contributed by atoms with E-state index < -0.39 is 12.2 Å². The van der Waals surface area contributed by atoms with Gasteiger partial charge in [0.1, 0.15) is 0 Å². The molecule has 0 aliphatic heterocycles. The molecule has 0 spiro atoms. The third-order valence-corrected chi connectivity index (χ3v) is 1.37. The van der Waals surface area contributed by atoms with Gasteiger partial charge in [-0.15, -0.1) is 0 Å². The fraction of sp³-hybridized carbons (Fsp3) is 0.778. The van der Waals surface area contributed by atoms with Crippen LogP contribution in [0, 0.1) is 0 Å². The molecule has 0 atom stereocenters. The van der Waals surface area contributed by atoms with Gasteiger partial charge in [-0.1, -0.05) is 30.5 Å². The molecule has 0 aromatic heterocycles. The minimum Gasteiger partial charge on any atom is -0.447 e. The zero-order chi connectivity index (χ0) is 11.5. The van der Waals surface area contributed by atoms with E-state index >= 15 is 0 Å². The number of hydrogen-bond acceptors (Lipinski definition) is 4. The standard InChI is InChI=1S/C9H16N2O4/c1-3-5-7-15-9(13)11-10-8(12)14-6-4-2/h3-7H2,1-2H3. The summed E-state index contributed by atoms with van der Waals surface area (Å²) in [5, 5.41) is 6.07. The second kappa shape index (κ2) is 9.11. The molecule has 86 valence electrons. The summed E-state index contributed by atoms with van der Waals surface area (Å²) in [6, 6.07) is 0. The highest BCUT2D eigenvalue weighted by Crippen LogP contribution is 1.93. The zero-order valence-corrected chi connectivity index (χ0v) is 9.06. The molecule has 0 rings (SSSR count). The van der Waals surface area contributed by atoms with Gasteiger partial charge >= 0.3 is 12.2 Å².